The normalized spacial score (nSPS) is 22.7. The van der Waals surface area contributed by atoms with E-state index in [4.69, 9.17) is 11.6 Å². The summed E-state index contributed by atoms with van der Waals surface area (Å²) in [6.07, 6.45) is 1.85. The van der Waals surface area contributed by atoms with Gasteiger partial charge in [0.05, 0.1) is 6.04 Å². The Morgan fingerprint density at radius 3 is 2.55 bits per heavy atom. The number of hydrogen-bond donors (Lipinski definition) is 2. The van der Waals surface area contributed by atoms with Crippen LogP contribution in [0.5, 0.6) is 0 Å². The number of nitrogens with one attached hydrogen (secondary N) is 2. The van der Waals surface area contributed by atoms with E-state index < -0.39 is 11.6 Å². The third-order valence-corrected chi connectivity index (χ3v) is 6.35. The van der Waals surface area contributed by atoms with Gasteiger partial charge in [0, 0.05) is 11.6 Å². The van der Waals surface area contributed by atoms with E-state index in [1.54, 1.807) is 6.92 Å². The second-order valence-corrected chi connectivity index (χ2v) is 8.27. The molecule has 1 heterocycles. The molecule has 1 aliphatic heterocycles. The monoisotopic (exact) mass is 420 g/mol. The maximum atomic E-state index is 12.7. The maximum absolute atomic E-state index is 12.7. The van der Waals surface area contributed by atoms with E-state index in [0.29, 0.717) is 11.6 Å². The Kier molecular flexibility index (Phi) is 6.49. The number of imide groups is 1. The number of amides is 4. The summed E-state index contributed by atoms with van der Waals surface area (Å²) in [4.78, 5) is 40.8. The number of likely N-dealkylation sites (N-methyl/N-ethyl adjacent to an activating group) is 1. The number of nitrogens with zero attached hydrogens (tertiary/aromatic N) is 2. The molecule has 2 fully saturated rings. The third kappa shape index (κ3) is 4.41. The first-order valence-electron chi connectivity index (χ1n) is 10.2. The Balaban J connectivity index is 1.65. The van der Waals surface area contributed by atoms with Crippen LogP contribution in [0.1, 0.15) is 45.2 Å². The highest BCUT2D eigenvalue weighted by Gasteiger charge is 2.56. The summed E-state index contributed by atoms with van der Waals surface area (Å²) in [5, 5.41) is 6.29. The minimum absolute atomic E-state index is 0.0949. The molecular weight excluding hydrogens is 392 g/mol. The molecule has 4 amide bonds. The SMILES string of the molecule is CCN(CC)C(CNC(=O)CN1C(=O)NC(C)(C2CC2)C1=O)c1ccccc1Cl. The lowest BCUT2D eigenvalue weighted by Gasteiger charge is -2.31. The van der Waals surface area contributed by atoms with Crippen LogP contribution in [-0.4, -0.2) is 59.4 Å². The van der Waals surface area contributed by atoms with Gasteiger partial charge in [0.15, 0.2) is 0 Å². The van der Waals surface area contributed by atoms with E-state index in [1.165, 1.54) is 0 Å². The molecule has 1 aromatic rings. The minimum atomic E-state index is -0.876. The molecule has 2 aliphatic rings. The quantitative estimate of drug-likeness (QED) is 0.601. The Bertz CT molecular complexity index is 794. The van der Waals surface area contributed by atoms with Crippen LogP contribution in [0.2, 0.25) is 5.02 Å². The number of hydrogen-bond acceptors (Lipinski definition) is 4. The van der Waals surface area contributed by atoms with Crippen molar-refractivity contribution in [1.29, 1.82) is 0 Å². The fourth-order valence-electron chi connectivity index (χ4n) is 4.05. The van der Waals surface area contributed by atoms with Crippen molar-refractivity contribution < 1.29 is 14.4 Å². The predicted molar refractivity (Wildman–Crippen MR) is 111 cm³/mol. The van der Waals surface area contributed by atoms with Crippen molar-refractivity contribution in [2.45, 2.75) is 45.2 Å². The first-order chi connectivity index (χ1) is 13.8. The molecule has 2 atom stereocenters. The molecule has 0 aromatic heterocycles. The van der Waals surface area contributed by atoms with Crippen LogP contribution in [0.4, 0.5) is 4.79 Å². The largest absolute Gasteiger partial charge is 0.353 e. The number of carbonyl (C=O) groups is 3. The number of rotatable bonds is 9. The third-order valence-electron chi connectivity index (χ3n) is 6.01. The average Bonchev–Trinajstić information content (AvgIpc) is 3.52. The van der Waals surface area contributed by atoms with Gasteiger partial charge < -0.3 is 10.6 Å². The highest BCUT2D eigenvalue weighted by atomic mass is 35.5. The minimum Gasteiger partial charge on any atom is -0.353 e. The molecule has 1 saturated heterocycles. The topological polar surface area (TPSA) is 81.8 Å². The molecule has 0 radical (unpaired) electrons. The molecule has 1 saturated carbocycles. The van der Waals surface area contributed by atoms with Crippen molar-refractivity contribution in [1.82, 2.24) is 20.4 Å². The van der Waals surface area contributed by atoms with E-state index in [0.717, 1.165) is 36.4 Å². The molecule has 3 rings (SSSR count). The van der Waals surface area contributed by atoms with Crippen LogP contribution in [0.15, 0.2) is 24.3 Å². The van der Waals surface area contributed by atoms with Gasteiger partial charge in [0.2, 0.25) is 5.91 Å². The van der Waals surface area contributed by atoms with Gasteiger partial charge in [-0.2, -0.15) is 0 Å². The summed E-state index contributed by atoms with van der Waals surface area (Å²) in [5.41, 5.74) is 0.0630. The highest BCUT2D eigenvalue weighted by Crippen LogP contribution is 2.42. The molecule has 158 valence electrons. The standard InChI is InChI=1S/C21H29ClN4O3/c1-4-25(5-2)17(15-8-6-7-9-16(15)22)12-23-18(27)13-26-19(28)21(3,14-10-11-14)24-20(26)29/h6-9,14,17H,4-5,10-13H2,1-3H3,(H,23,27)(H,24,29). The summed E-state index contributed by atoms with van der Waals surface area (Å²) in [5.74, 6) is -0.511. The van der Waals surface area contributed by atoms with E-state index >= 15 is 0 Å². The van der Waals surface area contributed by atoms with Crippen molar-refractivity contribution in [3.63, 3.8) is 0 Å². The van der Waals surface area contributed by atoms with Gasteiger partial charge >= 0.3 is 6.03 Å². The molecule has 0 spiro atoms. The Morgan fingerprint density at radius 2 is 1.97 bits per heavy atom. The summed E-state index contributed by atoms with van der Waals surface area (Å²) in [6, 6.07) is 6.99. The molecule has 2 N–H and O–H groups in total. The molecule has 1 aliphatic carbocycles. The van der Waals surface area contributed by atoms with Crippen molar-refractivity contribution in [3.8, 4) is 0 Å². The van der Waals surface area contributed by atoms with Crippen molar-refractivity contribution in [2.75, 3.05) is 26.2 Å². The van der Waals surface area contributed by atoms with Crippen molar-refractivity contribution >= 4 is 29.4 Å². The summed E-state index contributed by atoms with van der Waals surface area (Å²) in [6.45, 7) is 7.52. The Hall–Kier alpha value is -2.12. The summed E-state index contributed by atoms with van der Waals surface area (Å²) in [7, 11) is 0. The number of urea groups is 1. The van der Waals surface area contributed by atoms with Gasteiger partial charge in [-0.1, -0.05) is 43.6 Å². The van der Waals surface area contributed by atoms with Gasteiger partial charge in [-0.15, -0.1) is 0 Å². The zero-order chi connectivity index (χ0) is 21.2. The number of benzene rings is 1. The van der Waals surface area contributed by atoms with Crippen LogP contribution in [-0.2, 0) is 9.59 Å². The zero-order valence-electron chi connectivity index (χ0n) is 17.2. The maximum Gasteiger partial charge on any atom is 0.325 e. The molecule has 29 heavy (non-hydrogen) atoms. The first-order valence-corrected chi connectivity index (χ1v) is 10.6. The van der Waals surface area contributed by atoms with Gasteiger partial charge in [0.25, 0.3) is 5.91 Å². The molecule has 2 unspecified atom stereocenters. The Labute approximate surface area is 176 Å². The van der Waals surface area contributed by atoms with Gasteiger partial charge in [-0.3, -0.25) is 19.4 Å². The van der Waals surface area contributed by atoms with E-state index in [1.807, 2.05) is 24.3 Å². The van der Waals surface area contributed by atoms with Crippen LogP contribution in [0.25, 0.3) is 0 Å². The van der Waals surface area contributed by atoms with E-state index in [9.17, 15) is 14.4 Å². The second-order valence-electron chi connectivity index (χ2n) is 7.86. The van der Waals surface area contributed by atoms with Gasteiger partial charge in [0.1, 0.15) is 12.1 Å². The molecule has 8 heteroatoms. The van der Waals surface area contributed by atoms with Gasteiger partial charge in [-0.05, 0) is 50.4 Å². The fourth-order valence-corrected chi connectivity index (χ4v) is 4.31. The molecule has 1 aromatic carbocycles. The summed E-state index contributed by atoms with van der Waals surface area (Å²) < 4.78 is 0. The molecule has 0 bridgehead atoms. The summed E-state index contributed by atoms with van der Waals surface area (Å²) >= 11 is 6.39. The fraction of sp³-hybridized carbons (Fsp3) is 0.571. The van der Waals surface area contributed by atoms with Crippen LogP contribution in [0.3, 0.4) is 0 Å². The van der Waals surface area contributed by atoms with Crippen molar-refractivity contribution in [3.05, 3.63) is 34.9 Å². The van der Waals surface area contributed by atoms with Crippen LogP contribution in [0, 0.1) is 5.92 Å². The van der Waals surface area contributed by atoms with Crippen LogP contribution >= 0.6 is 11.6 Å². The lowest BCUT2D eigenvalue weighted by atomic mass is 9.96. The lowest BCUT2D eigenvalue weighted by Crippen LogP contribution is -2.47. The predicted octanol–water partition coefficient (Wildman–Crippen LogP) is 2.56. The number of halogens is 1. The highest BCUT2D eigenvalue weighted by molar-refractivity contribution is 6.31. The van der Waals surface area contributed by atoms with Gasteiger partial charge in [-0.25, -0.2) is 4.79 Å². The number of carbonyl (C=O) groups excluding carboxylic acids is 3. The van der Waals surface area contributed by atoms with Crippen LogP contribution < -0.4 is 10.6 Å². The average molecular weight is 421 g/mol. The van der Waals surface area contributed by atoms with E-state index in [-0.39, 0.29) is 30.3 Å². The first kappa shape index (κ1) is 21.6. The van der Waals surface area contributed by atoms with E-state index in [2.05, 4.69) is 29.4 Å². The second kappa shape index (κ2) is 8.71. The molecular formula is C21H29ClN4O3. The lowest BCUT2D eigenvalue weighted by molar-refractivity contribution is -0.135. The molecule has 7 nitrogen and oxygen atoms in total. The zero-order valence-corrected chi connectivity index (χ0v) is 18.0. The van der Waals surface area contributed by atoms with Crippen molar-refractivity contribution in [2.24, 2.45) is 5.92 Å². The Morgan fingerprint density at radius 1 is 1.31 bits per heavy atom. The smallest absolute Gasteiger partial charge is 0.325 e.